The van der Waals surface area contributed by atoms with Crippen LogP contribution in [0.5, 0.6) is 0 Å². The number of aliphatic hydroxyl groups is 1. The SMILES string of the molecule is CCCCC1=NN(C(=O)c2cccc(C)c2)[C@@](O)(C(F)(F)F)C1. The van der Waals surface area contributed by atoms with Gasteiger partial charge in [-0.15, -0.1) is 0 Å². The lowest BCUT2D eigenvalue weighted by Crippen LogP contribution is -2.56. The van der Waals surface area contributed by atoms with Crippen molar-refractivity contribution in [2.24, 2.45) is 5.10 Å². The molecule has 23 heavy (non-hydrogen) atoms. The summed E-state index contributed by atoms with van der Waals surface area (Å²) in [6.07, 6.45) is -3.92. The number of aryl methyl sites for hydroxylation is 1. The maximum Gasteiger partial charge on any atom is 0.438 e. The summed E-state index contributed by atoms with van der Waals surface area (Å²) >= 11 is 0. The van der Waals surface area contributed by atoms with E-state index in [4.69, 9.17) is 0 Å². The van der Waals surface area contributed by atoms with Crippen LogP contribution in [0.1, 0.15) is 48.5 Å². The lowest BCUT2D eigenvalue weighted by molar-refractivity contribution is -0.297. The fraction of sp³-hybridized carbons (Fsp3) is 0.500. The Bertz CT molecular complexity index is 628. The minimum absolute atomic E-state index is 0.0631. The Balaban J connectivity index is 2.37. The van der Waals surface area contributed by atoms with Gasteiger partial charge in [0.25, 0.3) is 11.6 Å². The number of benzene rings is 1. The Morgan fingerprint density at radius 1 is 1.43 bits per heavy atom. The van der Waals surface area contributed by atoms with Crippen molar-refractivity contribution in [2.45, 2.75) is 51.4 Å². The summed E-state index contributed by atoms with van der Waals surface area (Å²) < 4.78 is 40.0. The van der Waals surface area contributed by atoms with Crippen molar-refractivity contribution in [1.29, 1.82) is 0 Å². The number of amides is 1. The third kappa shape index (κ3) is 3.39. The summed E-state index contributed by atoms with van der Waals surface area (Å²) in [6, 6.07) is 6.18. The van der Waals surface area contributed by atoms with Gasteiger partial charge in [-0.1, -0.05) is 31.0 Å². The molecule has 1 aliphatic heterocycles. The van der Waals surface area contributed by atoms with Gasteiger partial charge in [-0.2, -0.15) is 23.3 Å². The van der Waals surface area contributed by atoms with Crippen molar-refractivity contribution >= 4 is 11.6 Å². The van der Waals surface area contributed by atoms with Gasteiger partial charge >= 0.3 is 6.18 Å². The molecule has 0 fully saturated rings. The summed E-state index contributed by atoms with van der Waals surface area (Å²) in [5, 5.41) is 14.1. The van der Waals surface area contributed by atoms with Crippen LogP contribution >= 0.6 is 0 Å². The Hall–Kier alpha value is -1.89. The van der Waals surface area contributed by atoms with E-state index >= 15 is 0 Å². The van der Waals surface area contributed by atoms with E-state index in [1.54, 1.807) is 19.1 Å². The first-order chi connectivity index (χ1) is 10.7. The van der Waals surface area contributed by atoms with E-state index < -0.39 is 24.2 Å². The second-order valence-electron chi connectivity index (χ2n) is 5.75. The van der Waals surface area contributed by atoms with Crippen molar-refractivity contribution in [1.82, 2.24) is 5.01 Å². The summed E-state index contributed by atoms with van der Waals surface area (Å²) in [6.45, 7) is 3.63. The molecule has 1 atom stereocenters. The highest BCUT2D eigenvalue weighted by Crippen LogP contribution is 2.41. The molecule has 1 aliphatic rings. The molecule has 2 rings (SSSR count). The minimum Gasteiger partial charge on any atom is -0.362 e. The lowest BCUT2D eigenvalue weighted by Gasteiger charge is -2.32. The van der Waals surface area contributed by atoms with Crippen molar-refractivity contribution < 1.29 is 23.1 Å². The molecule has 0 spiro atoms. The molecule has 0 aliphatic carbocycles. The van der Waals surface area contributed by atoms with E-state index in [1.807, 2.05) is 6.92 Å². The van der Waals surface area contributed by atoms with Crippen LogP contribution < -0.4 is 0 Å². The molecule has 0 saturated heterocycles. The van der Waals surface area contributed by atoms with Crippen LogP contribution in [0.3, 0.4) is 0 Å². The highest BCUT2D eigenvalue weighted by Gasteiger charge is 2.63. The number of hydrogen-bond donors (Lipinski definition) is 1. The van der Waals surface area contributed by atoms with Crippen LogP contribution in [0.25, 0.3) is 0 Å². The fourth-order valence-electron chi connectivity index (χ4n) is 2.47. The molecule has 1 N–H and O–H groups in total. The van der Waals surface area contributed by atoms with Crippen molar-refractivity contribution in [2.75, 3.05) is 0 Å². The zero-order valence-electron chi connectivity index (χ0n) is 13.0. The van der Waals surface area contributed by atoms with E-state index in [-0.39, 0.29) is 16.3 Å². The summed E-state index contributed by atoms with van der Waals surface area (Å²) in [5.74, 6) is -0.958. The molecular formula is C16H19F3N2O2. The van der Waals surface area contributed by atoms with Gasteiger partial charge < -0.3 is 5.11 Å². The third-order valence-electron chi connectivity index (χ3n) is 3.77. The largest absolute Gasteiger partial charge is 0.438 e. The predicted octanol–water partition coefficient (Wildman–Crippen LogP) is 3.64. The van der Waals surface area contributed by atoms with Crippen molar-refractivity contribution in [3.8, 4) is 0 Å². The summed E-state index contributed by atoms with van der Waals surface area (Å²) in [4.78, 5) is 12.4. The van der Waals surface area contributed by atoms with Crippen LogP contribution in [0, 0.1) is 6.92 Å². The molecule has 126 valence electrons. The third-order valence-corrected chi connectivity index (χ3v) is 3.77. The smallest absolute Gasteiger partial charge is 0.362 e. The zero-order valence-corrected chi connectivity index (χ0v) is 13.0. The van der Waals surface area contributed by atoms with Gasteiger partial charge in [0.05, 0.1) is 0 Å². The van der Waals surface area contributed by atoms with Gasteiger partial charge in [0.15, 0.2) is 0 Å². The van der Waals surface area contributed by atoms with E-state index in [0.717, 1.165) is 12.0 Å². The van der Waals surface area contributed by atoms with E-state index in [9.17, 15) is 23.1 Å². The number of rotatable bonds is 4. The van der Waals surface area contributed by atoms with Gasteiger partial charge in [-0.25, -0.2) is 0 Å². The highest BCUT2D eigenvalue weighted by atomic mass is 19.4. The fourth-order valence-corrected chi connectivity index (χ4v) is 2.47. The number of hydrazone groups is 1. The molecule has 1 amide bonds. The number of halogens is 3. The maximum absolute atomic E-state index is 13.3. The first-order valence-electron chi connectivity index (χ1n) is 7.45. The van der Waals surface area contributed by atoms with Gasteiger partial charge in [0.2, 0.25) is 0 Å². The van der Waals surface area contributed by atoms with Crippen LogP contribution in [0.2, 0.25) is 0 Å². The van der Waals surface area contributed by atoms with E-state index in [1.165, 1.54) is 12.1 Å². The molecule has 7 heteroatoms. The molecule has 0 saturated carbocycles. The molecule has 0 aromatic heterocycles. The Morgan fingerprint density at radius 3 is 2.70 bits per heavy atom. The lowest BCUT2D eigenvalue weighted by atomic mass is 10.0. The van der Waals surface area contributed by atoms with Crippen LogP contribution in [0.4, 0.5) is 13.2 Å². The minimum atomic E-state index is -4.98. The van der Waals surface area contributed by atoms with Gasteiger partial charge in [0, 0.05) is 17.7 Å². The second kappa shape index (κ2) is 6.31. The standard InChI is InChI=1S/C16H19F3N2O2/c1-3-4-8-13-10-15(23,16(17,18)19)21(20-13)14(22)12-7-5-6-11(2)9-12/h5-7,9,23H,3-4,8,10H2,1-2H3/t15-/m0/s1. The summed E-state index contributed by atoms with van der Waals surface area (Å²) in [5.41, 5.74) is -2.29. The molecule has 4 nitrogen and oxygen atoms in total. The number of carbonyl (C=O) groups is 1. The van der Waals surface area contributed by atoms with Gasteiger partial charge in [-0.3, -0.25) is 4.79 Å². The molecule has 1 heterocycles. The highest BCUT2D eigenvalue weighted by molar-refractivity contribution is 5.98. The first-order valence-corrected chi connectivity index (χ1v) is 7.45. The predicted molar refractivity (Wildman–Crippen MR) is 79.9 cm³/mol. The average Bonchev–Trinajstić information content (AvgIpc) is 2.82. The quantitative estimate of drug-likeness (QED) is 0.917. The Kier molecular flexibility index (Phi) is 4.79. The normalized spacial score (nSPS) is 21.5. The van der Waals surface area contributed by atoms with Crippen LogP contribution in [-0.4, -0.2) is 33.6 Å². The Morgan fingerprint density at radius 2 is 2.13 bits per heavy atom. The molecule has 0 radical (unpaired) electrons. The monoisotopic (exact) mass is 328 g/mol. The number of unbranched alkanes of at least 4 members (excludes halogenated alkanes) is 1. The van der Waals surface area contributed by atoms with Crippen LogP contribution in [-0.2, 0) is 0 Å². The maximum atomic E-state index is 13.3. The molecule has 1 aromatic carbocycles. The zero-order chi connectivity index (χ0) is 17.3. The molecule has 0 bridgehead atoms. The second-order valence-corrected chi connectivity index (χ2v) is 5.75. The topological polar surface area (TPSA) is 52.9 Å². The van der Waals surface area contributed by atoms with Crippen molar-refractivity contribution in [3.05, 3.63) is 35.4 Å². The number of hydrogen-bond acceptors (Lipinski definition) is 3. The molecule has 0 unspecified atom stereocenters. The first kappa shape index (κ1) is 17.5. The number of alkyl halides is 3. The number of nitrogens with zero attached hydrogens (tertiary/aromatic N) is 2. The van der Waals surface area contributed by atoms with E-state index in [0.29, 0.717) is 12.8 Å². The van der Waals surface area contributed by atoms with Gasteiger partial charge in [0.1, 0.15) is 0 Å². The average molecular weight is 328 g/mol. The van der Waals surface area contributed by atoms with Crippen molar-refractivity contribution in [3.63, 3.8) is 0 Å². The Labute approximate surface area is 132 Å². The molecule has 1 aromatic rings. The summed E-state index contributed by atoms with van der Waals surface area (Å²) in [7, 11) is 0. The molecular weight excluding hydrogens is 309 g/mol. The van der Waals surface area contributed by atoms with E-state index in [2.05, 4.69) is 5.10 Å². The number of carbonyl (C=O) groups excluding carboxylic acids is 1. The van der Waals surface area contributed by atoms with Gasteiger partial charge in [-0.05, 0) is 31.9 Å². The van der Waals surface area contributed by atoms with Crippen LogP contribution in [0.15, 0.2) is 29.4 Å².